The Morgan fingerprint density at radius 3 is 2.28 bits per heavy atom. The molecule has 1 aliphatic rings. The minimum atomic E-state index is -0.741. The summed E-state index contributed by atoms with van der Waals surface area (Å²) in [6, 6.07) is 20.7. The van der Waals surface area contributed by atoms with Crippen LogP contribution in [-0.2, 0) is 9.47 Å². The minimum absolute atomic E-state index is 0.0150. The number of carbonyl (C=O) groups is 2. The van der Waals surface area contributed by atoms with Crippen molar-refractivity contribution < 1.29 is 23.5 Å². The van der Waals surface area contributed by atoms with E-state index >= 15 is 0 Å². The minimum Gasteiger partial charge on any atom is -0.465 e. The number of hydrogen-bond donors (Lipinski definition) is 1. The highest BCUT2D eigenvalue weighted by atomic mass is 19.1. The molecule has 0 atom stereocenters. The van der Waals surface area contributed by atoms with Crippen molar-refractivity contribution >= 4 is 18.1 Å². The van der Waals surface area contributed by atoms with Crippen LogP contribution in [0.25, 0.3) is 17.2 Å². The lowest BCUT2D eigenvalue weighted by atomic mass is 9.98. The van der Waals surface area contributed by atoms with Crippen molar-refractivity contribution in [2.75, 3.05) is 20.3 Å². The van der Waals surface area contributed by atoms with Crippen LogP contribution in [0.15, 0.2) is 72.8 Å². The average molecular weight is 431 g/mol. The number of halogens is 1. The molecule has 0 aliphatic heterocycles. The maximum atomic E-state index is 14.4. The van der Waals surface area contributed by atoms with Crippen molar-refractivity contribution in [1.82, 2.24) is 5.32 Å². The van der Waals surface area contributed by atoms with E-state index < -0.39 is 17.9 Å². The van der Waals surface area contributed by atoms with Crippen molar-refractivity contribution in [2.45, 2.75) is 5.92 Å². The molecule has 0 radical (unpaired) electrons. The molecule has 0 unspecified atom stereocenters. The molecule has 32 heavy (non-hydrogen) atoms. The number of ether oxygens (including phenoxy) is 2. The van der Waals surface area contributed by atoms with Crippen molar-refractivity contribution in [3.8, 4) is 11.1 Å². The summed E-state index contributed by atoms with van der Waals surface area (Å²) in [5.41, 5.74) is 4.69. The second-order valence-electron chi connectivity index (χ2n) is 7.31. The van der Waals surface area contributed by atoms with Gasteiger partial charge in [-0.05, 0) is 28.3 Å². The molecule has 1 aliphatic carbocycles. The third-order valence-corrected chi connectivity index (χ3v) is 5.44. The molecule has 0 bridgehead atoms. The molecular formula is C26H22FNO4. The Balaban J connectivity index is 1.34. The second kappa shape index (κ2) is 9.47. The zero-order valence-corrected chi connectivity index (χ0v) is 17.5. The van der Waals surface area contributed by atoms with Crippen LogP contribution in [0.5, 0.6) is 0 Å². The lowest BCUT2D eigenvalue weighted by Crippen LogP contribution is -2.26. The molecule has 0 aromatic heterocycles. The molecule has 0 spiro atoms. The number of hydrogen-bond acceptors (Lipinski definition) is 4. The number of carbonyl (C=O) groups excluding carboxylic acids is 2. The van der Waals surface area contributed by atoms with E-state index in [1.807, 2.05) is 24.3 Å². The van der Waals surface area contributed by atoms with E-state index in [9.17, 15) is 14.0 Å². The SMILES string of the molecule is COC(=O)c1cccc(C=CCNC(=O)OCC2c3ccccc3-c3ccccc32)c1F. The van der Waals surface area contributed by atoms with Crippen LogP contribution < -0.4 is 5.32 Å². The summed E-state index contributed by atoms with van der Waals surface area (Å²) in [6.07, 6.45) is 2.52. The molecule has 0 saturated carbocycles. The van der Waals surface area contributed by atoms with Crippen LogP contribution in [0.2, 0.25) is 0 Å². The Hall–Kier alpha value is -3.93. The summed E-state index contributed by atoms with van der Waals surface area (Å²) < 4.78 is 24.4. The first-order valence-electron chi connectivity index (χ1n) is 10.2. The summed E-state index contributed by atoms with van der Waals surface area (Å²) >= 11 is 0. The Morgan fingerprint density at radius 2 is 1.62 bits per heavy atom. The molecule has 4 rings (SSSR count). The third kappa shape index (κ3) is 4.25. The van der Waals surface area contributed by atoms with E-state index in [2.05, 4.69) is 34.3 Å². The van der Waals surface area contributed by atoms with Gasteiger partial charge in [-0.1, -0.05) is 72.8 Å². The van der Waals surface area contributed by atoms with Gasteiger partial charge < -0.3 is 14.8 Å². The van der Waals surface area contributed by atoms with Gasteiger partial charge in [0.2, 0.25) is 0 Å². The highest BCUT2D eigenvalue weighted by Gasteiger charge is 2.28. The zero-order valence-electron chi connectivity index (χ0n) is 17.5. The molecular weight excluding hydrogens is 409 g/mol. The van der Waals surface area contributed by atoms with Crippen molar-refractivity contribution in [2.24, 2.45) is 0 Å². The van der Waals surface area contributed by atoms with Gasteiger partial charge >= 0.3 is 12.1 Å². The number of benzene rings is 3. The number of nitrogens with one attached hydrogen (secondary N) is 1. The summed E-state index contributed by atoms with van der Waals surface area (Å²) in [6.45, 7) is 0.373. The average Bonchev–Trinajstić information content (AvgIpc) is 3.14. The molecule has 3 aromatic carbocycles. The maximum Gasteiger partial charge on any atom is 0.407 e. The number of fused-ring (bicyclic) bond motifs is 3. The highest BCUT2D eigenvalue weighted by molar-refractivity contribution is 5.90. The predicted molar refractivity (Wildman–Crippen MR) is 120 cm³/mol. The molecule has 5 nitrogen and oxygen atoms in total. The van der Waals surface area contributed by atoms with Gasteiger partial charge in [0.1, 0.15) is 12.4 Å². The molecule has 1 amide bonds. The van der Waals surface area contributed by atoms with Crippen LogP contribution in [0.3, 0.4) is 0 Å². The summed E-state index contributed by atoms with van der Waals surface area (Å²) in [5, 5.41) is 2.63. The fourth-order valence-corrected chi connectivity index (χ4v) is 3.92. The van der Waals surface area contributed by atoms with E-state index in [1.165, 1.54) is 25.3 Å². The van der Waals surface area contributed by atoms with Gasteiger partial charge in [0.15, 0.2) is 0 Å². The molecule has 162 valence electrons. The van der Waals surface area contributed by atoms with Crippen molar-refractivity contribution in [3.63, 3.8) is 0 Å². The van der Waals surface area contributed by atoms with Crippen LogP contribution >= 0.6 is 0 Å². The van der Waals surface area contributed by atoms with Gasteiger partial charge in [-0.2, -0.15) is 0 Å². The van der Waals surface area contributed by atoms with Crippen LogP contribution in [0, 0.1) is 5.82 Å². The first kappa shape index (κ1) is 21.3. The van der Waals surface area contributed by atoms with Gasteiger partial charge in [0.25, 0.3) is 0 Å². The number of esters is 1. The Bertz CT molecular complexity index is 1140. The second-order valence-corrected chi connectivity index (χ2v) is 7.31. The summed E-state index contributed by atoms with van der Waals surface area (Å²) in [7, 11) is 1.20. The first-order valence-corrected chi connectivity index (χ1v) is 10.2. The lowest BCUT2D eigenvalue weighted by molar-refractivity contribution is 0.0595. The first-order chi connectivity index (χ1) is 15.6. The maximum absolute atomic E-state index is 14.4. The molecule has 0 saturated heterocycles. The monoisotopic (exact) mass is 431 g/mol. The van der Waals surface area contributed by atoms with Gasteiger partial charge in [-0.25, -0.2) is 14.0 Å². The number of rotatable bonds is 6. The largest absolute Gasteiger partial charge is 0.465 e. The highest BCUT2D eigenvalue weighted by Crippen LogP contribution is 2.44. The van der Waals surface area contributed by atoms with E-state index in [0.717, 1.165) is 22.3 Å². The predicted octanol–water partition coefficient (Wildman–Crippen LogP) is 5.16. The van der Waals surface area contributed by atoms with Gasteiger partial charge in [0.05, 0.1) is 12.7 Å². The van der Waals surface area contributed by atoms with Crippen molar-refractivity contribution in [3.05, 3.63) is 101 Å². The van der Waals surface area contributed by atoms with Crippen LogP contribution in [0.4, 0.5) is 9.18 Å². The smallest absolute Gasteiger partial charge is 0.407 e. The van der Waals surface area contributed by atoms with Crippen LogP contribution in [0.1, 0.15) is 33.0 Å². The Kier molecular flexibility index (Phi) is 6.31. The third-order valence-electron chi connectivity index (χ3n) is 5.44. The Labute approximate surface area is 185 Å². The van der Waals surface area contributed by atoms with E-state index in [1.54, 1.807) is 12.1 Å². The standard InChI is InChI=1S/C26H22FNO4/c1-31-25(29)22-14-6-8-17(24(22)27)9-7-15-28-26(30)32-16-23-20-12-4-2-10-18(20)19-11-3-5-13-21(19)23/h2-14,23H,15-16H2,1H3,(H,28,30). The molecule has 6 heteroatoms. The summed E-state index contributed by atoms with van der Waals surface area (Å²) in [5.74, 6) is -1.43. The fraction of sp³-hybridized carbons (Fsp3) is 0.154. The molecule has 3 aromatic rings. The zero-order chi connectivity index (χ0) is 22.5. The lowest BCUT2D eigenvalue weighted by Gasteiger charge is -2.14. The Morgan fingerprint density at radius 1 is 0.969 bits per heavy atom. The topological polar surface area (TPSA) is 64.6 Å². The van der Waals surface area contributed by atoms with E-state index in [4.69, 9.17) is 4.74 Å². The van der Waals surface area contributed by atoms with Gasteiger partial charge in [-0.3, -0.25) is 0 Å². The normalized spacial score (nSPS) is 12.3. The van der Waals surface area contributed by atoms with E-state index in [0.29, 0.717) is 0 Å². The molecule has 1 N–H and O–H groups in total. The van der Waals surface area contributed by atoms with Crippen molar-refractivity contribution in [1.29, 1.82) is 0 Å². The fourth-order valence-electron chi connectivity index (χ4n) is 3.92. The number of alkyl carbamates (subject to hydrolysis) is 1. The summed E-state index contributed by atoms with van der Waals surface area (Å²) in [4.78, 5) is 23.8. The number of amides is 1. The van der Waals surface area contributed by atoms with Crippen LogP contribution in [-0.4, -0.2) is 32.3 Å². The van der Waals surface area contributed by atoms with Gasteiger partial charge in [0, 0.05) is 18.0 Å². The van der Waals surface area contributed by atoms with Gasteiger partial charge in [-0.15, -0.1) is 0 Å². The molecule has 0 fully saturated rings. The van der Waals surface area contributed by atoms with E-state index in [-0.39, 0.29) is 30.2 Å². The number of methoxy groups -OCH3 is 1. The quantitative estimate of drug-likeness (QED) is 0.548. The molecule has 0 heterocycles.